The van der Waals surface area contributed by atoms with Crippen LogP contribution in [0.1, 0.15) is 37.4 Å². The predicted octanol–water partition coefficient (Wildman–Crippen LogP) is 3.34. The lowest BCUT2D eigenvalue weighted by Gasteiger charge is -2.08. The van der Waals surface area contributed by atoms with Crippen LogP contribution in [0.25, 0.3) is 0 Å². The number of aromatic nitrogens is 2. The summed E-state index contributed by atoms with van der Waals surface area (Å²) in [5.74, 6) is 0.950. The van der Waals surface area contributed by atoms with Crippen LogP contribution < -0.4 is 10.1 Å². The monoisotopic (exact) mass is 285 g/mol. The molecule has 0 fully saturated rings. The molecule has 0 atom stereocenters. The number of hydrogen-bond donors (Lipinski definition) is 1. The van der Waals surface area contributed by atoms with Gasteiger partial charge >= 0.3 is 0 Å². The number of nitrogens with zero attached hydrogens (tertiary/aromatic N) is 2. The Morgan fingerprint density at radius 3 is 2.62 bits per heavy atom. The molecule has 0 amide bonds. The molecule has 0 bridgehead atoms. The molecule has 1 aromatic heterocycles. The molecule has 1 heterocycles. The van der Waals surface area contributed by atoms with Crippen LogP contribution in [0.4, 0.5) is 0 Å². The average Bonchev–Trinajstić information content (AvgIpc) is 2.54. The third-order valence-electron chi connectivity index (χ3n) is 3.22. The zero-order valence-corrected chi connectivity index (χ0v) is 12.6. The topological polar surface area (TPSA) is 47.0 Å². The third-order valence-corrected chi connectivity index (χ3v) is 3.22. The Bertz CT molecular complexity index is 499. The molecule has 4 nitrogen and oxygen atoms in total. The van der Waals surface area contributed by atoms with Crippen LogP contribution >= 0.6 is 0 Å². The highest BCUT2D eigenvalue weighted by Gasteiger charge is 1.97. The highest BCUT2D eigenvalue weighted by molar-refractivity contribution is 5.27. The Balaban J connectivity index is 1.69. The number of ether oxygens (including phenoxy) is 1. The Kier molecular flexibility index (Phi) is 6.68. The molecular weight excluding hydrogens is 262 g/mol. The fraction of sp³-hybridized carbons (Fsp3) is 0.412. The van der Waals surface area contributed by atoms with Crippen LogP contribution in [0.3, 0.4) is 0 Å². The minimum absolute atomic E-state index is 0.748. The van der Waals surface area contributed by atoms with Gasteiger partial charge in [-0.05, 0) is 30.2 Å². The summed E-state index contributed by atoms with van der Waals surface area (Å²) >= 11 is 0. The summed E-state index contributed by atoms with van der Waals surface area (Å²) in [6.45, 7) is 4.57. The first-order chi connectivity index (χ1) is 10.4. The highest BCUT2D eigenvalue weighted by atomic mass is 16.5. The van der Waals surface area contributed by atoms with Crippen molar-refractivity contribution >= 4 is 0 Å². The number of hydrogen-bond acceptors (Lipinski definition) is 4. The smallest absolute Gasteiger partial charge is 0.119 e. The van der Waals surface area contributed by atoms with E-state index >= 15 is 0 Å². The first kappa shape index (κ1) is 15.4. The number of unbranched alkanes of at least 4 members (excludes halogenated alkanes) is 2. The normalized spacial score (nSPS) is 10.5. The minimum Gasteiger partial charge on any atom is -0.494 e. The summed E-state index contributed by atoms with van der Waals surface area (Å²) in [4.78, 5) is 8.08. The maximum absolute atomic E-state index is 5.70. The van der Waals surface area contributed by atoms with Crippen LogP contribution in [-0.4, -0.2) is 16.6 Å². The molecule has 4 heteroatoms. The van der Waals surface area contributed by atoms with Crippen molar-refractivity contribution in [2.75, 3.05) is 6.61 Å². The van der Waals surface area contributed by atoms with Crippen molar-refractivity contribution in [3.8, 4) is 5.75 Å². The van der Waals surface area contributed by atoms with Gasteiger partial charge in [-0.2, -0.15) is 0 Å². The highest BCUT2D eigenvalue weighted by Crippen LogP contribution is 2.13. The van der Waals surface area contributed by atoms with Gasteiger partial charge in [-0.1, -0.05) is 31.9 Å². The minimum atomic E-state index is 0.748. The standard InChI is InChI=1S/C17H23N3O/c1-2-3-4-11-21-17-7-5-15(6-8-17)12-19-13-16-9-10-18-14-20-16/h5-10,14,19H,2-4,11-13H2,1H3. The van der Waals surface area contributed by atoms with Gasteiger partial charge in [0.05, 0.1) is 12.3 Å². The maximum atomic E-state index is 5.70. The van der Waals surface area contributed by atoms with E-state index in [1.807, 2.05) is 18.2 Å². The molecule has 0 unspecified atom stereocenters. The molecule has 2 aromatic rings. The Labute approximate surface area is 126 Å². The van der Waals surface area contributed by atoms with Crippen LogP contribution in [0.5, 0.6) is 5.75 Å². The quantitative estimate of drug-likeness (QED) is 0.718. The first-order valence-corrected chi connectivity index (χ1v) is 7.56. The van der Waals surface area contributed by atoms with Gasteiger partial charge in [-0.3, -0.25) is 0 Å². The lowest BCUT2D eigenvalue weighted by Crippen LogP contribution is -2.13. The molecule has 1 aromatic carbocycles. The SMILES string of the molecule is CCCCCOc1ccc(CNCc2ccncn2)cc1. The molecule has 0 aliphatic carbocycles. The van der Waals surface area contributed by atoms with Crippen molar-refractivity contribution < 1.29 is 4.74 Å². The zero-order valence-electron chi connectivity index (χ0n) is 12.6. The Hall–Kier alpha value is -1.94. The maximum Gasteiger partial charge on any atom is 0.119 e. The second-order valence-corrected chi connectivity index (χ2v) is 5.00. The Morgan fingerprint density at radius 2 is 1.90 bits per heavy atom. The van der Waals surface area contributed by atoms with E-state index in [-0.39, 0.29) is 0 Å². The molecular formula is C17H23N3O. The van der Waals surface area contributed by atoms with E-state index in [9.17, 15) is 0 Å². The van der Waals surface area contributed by atoms with E-state index in [0.717, 1.165) is 37.6 Å². The summed E-state index contributed by atoms with van der Waals surface area (Å²) in [6, 6.07) is 10.2. The predicted molar refractivity (Wildman–Crippen MR) is 84.0 cm³/mol. The zero-order chi connectivity index (χ0) is 14.8. The van der Waals surface area contributed by atoms with Gasteiger partial charge in [0.1, 0.15) is 12.1 Å². The summed E-state index contributed by atoms with van der Waals surface area (Å²) in [5.41, 5.74) is 2.24. The summed E-state index contributed by atoms with van der Waals surface area (Å²) in [5, 5.41) is 3.37. The molecule has 2 rings (SSSR count). The van der Waals surface area contributed by atoms with E-state index in [1.54, 1.807) is 12.5 Å². The van der Waals surface area contributed by atoms with E-state index in [2.05, 4.69) is 34.3 Å². The lowest BCUT2D eigenvalue weighted by atomic mass is 10.2. The van der Waals surface area contributed by atoms with E-state index in [4.69, 9.17) is 4.74 Å². The Morgan fingerprint density at radius 1 is 1.05 bits per heavy atom. The van der Waals surface area contributed by atoms with Gasteiger partial charge in [-0.15, -0.1) is 0 Å². The van der Waals surface area contributed by atoms with Gasteiger partial charge in [-0.25, -0.2) is 9.97 Å². The van der Waals surface area contributed by atoms with Crippen LogP contribution in [0.15, 0.2) is 42.9 Å². The molecule has 1 N–H and O–H groups in total. The molecule has 0 radical (unpaired) electrons. The lowest BCUT2D eigenvalue weighted by molar-refractivity contribution is 0.306. The molecule has 21 heavy (non-hydrogen) atoms. The van der Waals surface area contributed by atoms with Crippen molar-refractivity contribution in [3.05, 3.63) is 54.1 Å². The summed E-state index contributed by atoms with van der Waals surface area (Å²) in [7, 11) is 0. The number of nitrogens with one attached hydrogen (secondary N) is 1. The van der Waals surface area contributed by atoms with Crippen LogP contribution in [0.2, 0.25) is 0 Å². The molecule has 0 aliphatic rings. The number of benzene rings is 1. The van der Waals surface area contributed by atoms with Gasteiger partial charge < -0.3 is 10.1 Å². The molecule has 0 aliphatic heterocycles. The van der Waals surface area contributed by atoms with Crippen molar-refractivity contribution in [1.29, 1.82) is 0 Å². The molecule has 0 spiro atoms. The van der Waals surface area contributed by atoms with Gasteiger partial charge in [0.25, 0.3) is 0 Å². The van der Waals surface area contributed by atoms with Crippen LogP contribution in [-0.2, 0) is 13.1 Å². The fourth-order valence-electron chi connectivity index (χ4n) is 2.00. The summed E-state index contributed by atoms with van der Waals surface area (Å²) in [6.07, 6.45) is 6.90. The van der Waals surface area contributed by atoms with Crippen molar-refractivity contribution in [1.82, 2.24) is 15.3 Å². The van der Waals surface area contributed by atoms with Crippen molar-refractivity contribution in [2.24, 2.45) is 0 Å². The number of rotatable bonds is 9. The largest absolute Gasteiger partial charge is 0.494 e. The van der Waals surface area contributed by atoms with Crippen molar-refractivity contribution in [2.45, 2.75) is 39.3 Å². The van der Waals surface area contributed by atoms with Gasteiger partial charge in [0.2, 0.25) is 0 Å². The van der Waals surface area contributed by atoms with Crippen LogP contribution in [0, 0.1) is 0 Å². The third kappa shape index (κ3) is 5.92. The first-order valence-electron chi connectivity index (χ1n) is 7.56. The molecule has 0 saturated heterocycles. The van der Waals surface area contributed by atoms with Gasteiger partial charge in [0, 0.05) is 19.3 Å². The van der Waals surface area contributed by atoms with E-state index in [1.165, 1.54) is 18.4 Å². The fourth-order valence-corrected chi connectivity index (χ4v) is 2.00. The molecule has 112 valence electrons. The molecule has 0 saturated carbocycles. The second-order valence-electron chi connectivity index (χ2n) is 5.00. The second kappa shape index (κ2) is 9.08. The van der Waals surface area contributed by atoms with E-state index < -0.39 is 0 Å². The van der Waals surface area contributed by atoms with E-state index in [0.29, 0.717) is 0 Å². The van der Waals surface area contributed by atoms with Crippen molar-refractivity contribution in [3.63, 3.8) is 0 Å². The summed E-state index contributed by atoms with van der Waals surface area (Å²) < 4.78 is 5.70. The van der Waals surface area contributed by atoms with Gasteiger partial charge in [0.15, 0.2) is 0 Å². The average molecular weight is 285 g/mol.